The van der Waals surface area contributed by atoms with Crippen LogP contribution in [0.3, 0.4) is 0 Å². The van der Waals surface area contributed by atoms with Crippen LogP contribution in [0.2, 0.25) is 0 Å². The quantitative estimate of drug-likeness (QED) is 0.605. The second-order valence-electron chi connectivity index (χ2n) is 4.49. The lowest BCUT2D eigenvalue weighted by molar-refractivity contribution is -0.144. The fourth-order valence-corrected chi connectivity index (χ4v) is 1.73. The highest BCUT2D eigenvalue weighted by Gasteiger charge is 2.11. The van der Waals surface area contributed by atoms with Crippen LogP contribution in [0.5, 0.6) is 5.75 Å². The molecular formula is C17H12FNO4. The van der Waals surface area contributed by atoms with Gasteiger partial charge in [0, 0.05) is 5.56 Å². The Hall–Kier alpha value is -3.20. The van der Waals surface area contributed by atoms with Crippen LogP contribution in [0.4, 0.5) is 4.39 Å². The summed E-state index contributed by atoms with van der Waals surface area (Å²) in [7, 11) is 0. The minimum absolute atomic E-state index is 0.245. The van der Waals surface area contributed by atoms with E-state index in [4.69, 9.17) is 14.7 Å². The van der Waals surface area contributed by atoms with Gasteiger partial charge in [0.15, 0.2) is 19.0 Å². The van der Waals surface area contributed by atoms with Crippen molar-refractivity contribution in [1.82, 2.24) is 0 Å². The standard InChI is InChI=1S/C17H12FNO4/c18-14-7-5-12(6-8-14)15(20)10-23-17(21)11-22-16-4-2-1-3-13(16)9-19/h1-8H,10-11H2. The van der Waals surface area contributed by atoms with E-state index < -0.39 is 30.8 Å². The van der Waals surface area contributed by atoms with Gasteiger partial charge in [-0.3, -0.25) is 4.79 Å². The summed E-state index contributed by atoms with van der Waals surface area (Å²) in [6.45, 7) is -0.886. The summed E-state index contributed by atoms with van der Waals surface area (Å²) in [5, 5.41) is 8.89. The number of hydrogen-bond donors (Lipinski definition) is 0. The van der Waals surface area contributed by atoms with Crippen molar-refractivity contribution >= 4 is 11.8 Å². The highest BCUT2D eigenvalue weighted by molar-refractivity contribution is 5.97. The van der Waals surface area contributed by atoms with Gasteiger partial charge in [-0.25, -0.2) is 9.18 Å². The predicted octanol–water partition coefficient (Wildman–Crippen LogP) is 2.50. The van der Waals surface area contributed by atoms with Crippen LogP contribution in [0.25, 0.3) is 0 Å². The number of esters is 1. The molecule has 0 aliphatic rings. The molecule has 0 unspecified atom stereocenters. The Labute approximate surface area is 131 Å². The van der Waals surface area contributed by atoms with E-state index in [1.54, 1.807) is 24.3 Å². The van der Waals surface area contributed by atoms with Crippen molar-refractivity contribution in [3.63, 3.8) is 0 Å². The average Bonchev–Trinajstić information content (AvgIpc) is 2.58. The maximum atomic E-state index is 12.8. The van der Waals surface area contributed by atoms with Crippen LogP contribution in [-0.2, 0) is 9.53 Å². The normalized spacial score (nSPS) is 9.74. The largest absolute Gasteiger partial charge is 0.481 e. The number of carbonyl (C=O) groups excluding carboxylic acids is 2. The molecule has 0 bridgehead atoms. The Morgan fingerprint density at radius 1 is 1.04 bits per heavy atom. The van der Waals surface area contributed by atoms with Crippen molar-refractivity contribution in [3.05, 3.63) is 65.5 Å². The lowest BCUT2D eigenvalue weighted by Gasteiger charge is -2.07. The summed E-state index contributed by atoms with van der Waals surface area (Å²) < 4.78 is 22.7. The van der Waals surface area contributed by atoms with Crippen molar-refractivity contribution in [2.24, 2.45) is 0 Å². The van der Waals surface area contributed by atoms with Gasteiger partial charge in [0.05, 0.1) is 5.56 Å². The third kappa shape index (κ3) is 4.64. The summed E-state index contributed by atoms with van der Waals surface area (Å²) in [6.07, 6.45) is 0. The van der Waals surface area contributed by atoms with E-state index in [1.165, 1.54) is 12.1 Å². The van der Waals surface area contributed by atoms with E-state index in [1.807, 2.05) is 6.07 Å². The topological polar surface area (TPSA) is 76.4 Å². The zero-order valence-corrected chi connectivity index (χ0v) is 12.0. The second kappa shape index (κ2) is 7.71. The van der Waals surface area contributed by atoms with Gasteiger partial charge in [-0.2, -0.15) is 5.26 Å². The molecule has 0 atom stereocenters. The monoisotopic (exact) mass is 313 g/mol. The van der Waals surface area contributed by atoms with Gasteiger partial charge in [0.25, 0.3) is 0 Å². The second-order valence-corrected chi connectivity index (χ2v) is 4.49. The summed E-state index contributed by atoms with van der Waals surface area (Å²) in [5.74, 6) is -1.39. The number of carbonyl (C=O) groups is 2. The minimum Gasteiger partial charge on any atom is -0.481 e. The van der Waals surface area contributed by atoms with Crippen molar-refractivity contribution in [3.8, 4) is 11.8 Å². The predicted molar refractivity (Wildman–Crippen MR) is 78.3 cm³/mol. The van der Waals surface area contributed by atoms with Crippen LogP contribution >= 0.6 is 0 Å². The Bertz CT molecular complexity index is 750. The van der Waals surface area contributed by atoms with Crippen LogP contribution in [0.15, 0.2) is 48.5 Å². The van der Waals surface area contributed by atoms with Gasteiger partial charge in [-0.15, -0.1) is 0 Å². The van der Waals surface area contributed by atoms with E-state index in [9.17, 15) is 14.0 Å². The van der Waals surface area contributed by atoms with Crippen LogP contribution in [0, 0.1) is 17.1 Å². The zero-order valence-electron chi connectivity index (χ0n) is 12.0. The molecule has 0 fully saturated rings. The summed E-state index contributed by atoms with van der Waals surface area (Å²) in [4.78, 5) is 23.3. The molecule has 0 radical (unpaired) electrons. The molecule has 6 heteroatoms. The van der Waals surface area contributed by atoms with E-state index in [-0.39, 0.29) is 11.3 Å². The molecule has 116 valence electrons. The van der Waals surface area contributed by atoms with Crippen LogP contribution in [0.1, 0.15) is 15.9 Å². The Morgan fingerprint density at radius 3 is 2.43 bits per heavy atom. The Morgan fingerprint density at radius 2 is 1.74 bits per heavy atom. The van der Waals surface area contributed by atoms with Gasteiger partial charge in [-0.1, -0.05) is 12.1 Å². The molecule has 0 saturated carbocycles. The van der Waals surface area contributed by atoms with Gasteiger partial charge >= 0.3 is 5.97 Å². The molecule has 23 heavy (non-hydrogen) atoms. The molecule has 0 aliphatic heterocycles. The van der Waals surface area contributed by atoms with Crippen LogP contribution in [-0.4, -0.2) is 25.0 Å². The number of ketones is 1. The first kappa shape index (κ1) is 16.2. The van der Waals surface area contributed by atoms with Gasteiger partial charge in [-0.05, 0) is 36.4 Å². The zero-order chi connectivity index (χ0) is 16.7. The van der Waals surface area contributed by atoms with Gasteiger partial charge in [0.1, 0.15) is 17.6 Å². The molecule has 2 rings (SSSR count). The molecule has 0 aromatic heterocycles. The van der Waals surface area contributed by atoms with E-state index in [0.29, 0.717) is 5.56 Å². The maximum absolute atomic E-state index is 12.8. The highest BCUT2D eigenvalue weighted by Crippen LogP contribution is 2.16. The number of Topliss-reactive ketones (excluding diaryl/α,β-unsaturated/α-hetero) is 1. The molecule has 0 N–H and O–H groups in total. The number of ether oxygens (including phenoxy) is 2. The first-order chi connectivity index (χ1) is 11.1. The summed E-state index contributed by atoms with van der Waals surface area (Å²) in [5.41, 5.74) is 0.539. The smallest absolute Gasteiger partial charge is 0.344 e. The first-order valence-corrected chi connectivity index (χ1v) is 6.66. The van der Waals surface area contributed by atoms with E-state index in [0.717, 1.165) is 12.1 Å². The molecule has 2 aromatic rings. The number of halogens is 1. The number of para-hydroxylation sites is 1. The molecule has 0 spiro atoms. The molecule has 5 nitrogen and oxygen atoms in total. The van der Waals surface area contributed by atoms with E-state index >= 15 is 0 Å². The lowest BCUT2D eigenvalue weighted by atomic mass is 10.1. The maximum Gasteiger partial charge on any atom is 0.344 e. The third-order valence-electron chi connectivity index (χ3n) is 2.88. The fraction of sp³-hybridized carbons (Fsp3) is 0.118. The van der Waals surface area contributed by atoms with Crippen molar-refractivity contribution in [2.75, 3.05) is 13.2 Å². The molecule has 0 amide bonds. The summed E-state index contributed by atoms with van der Waals surface area (Å²) >= 11 is 0. The average molecular weight is 313 g/mol. The number of nitrogens with zero attached hydrogens (tertiary/aromatic N) is 1. The van der Waals surface area contributed by atoms with E-state index in [2.05, 4.69) is 0 Å². The third-order valence-corrected chi connectivity index (χ3v) is 2.88. The summed E-state index contributed by atoms with van der Waals surface area (Å²) in [6, 6.07) is 13.3. The number of nitriles is 1. The van der Waals surface area contributed by atoms with Crippen LogP contribution < -0.4 is 4.74 Å². The first-order valence-electron chi connectivity index (χ1n) is 6.66. The Balaban J connectivity index is 1.82. The van der Waals surface area contributed by atoms with Gasteiger partial charge in [0.2, 0.25) is 0 Å². The molecule has 0 aliphatic carbocycles. The molecular weight excluding hydrogens is 301 g/mol. The SMILES string of the molecule is N#Cc1ccccc1OCC(=O)OCC(=O)c1ccc(F)cc1. The number of benzene rings is 2. The van der Waals surface area contributed by atoms with Crippen molar-refractivity contribution < 1.29 is 23.5 Å². The van der Waals surface area contributed by atoms with Crippen molar-refractivity contribution in [1.29, 1.82) is 5.26 Å². The highest BCUT2D eigenvalue weighted by atomic mass is 19.1. The fourth-order valence-electron chi connectivity index (χ4n) is 1.73. The number of hydrogen-bond acceptors (Lipinski definition) is 5. The Kier molecular flexibility index (Phi) is 5.42. The minimum atomic E-state index is -0.742. The number of rotatable bonds is 6. The van der Waals surface area contributed by atoms with Gasteiger partial charge < -0.3 is 9.47 Å². The molecule has 2 aromatic carbocycles. The van der Waals surface area contributed by atoms with Crippen molar-refractivity contribution in [2.45, 2.75) is 0 Å². The molecule has 0 saturated heterocycles. The molecule has 0 heterocycles. The lowest BCUT2D eigenvalue weighted by Crippen LogP contribution is -2.19.